The maximum Gasteiger partial charge on any atom is 0.434 e. The van der Waals surface area contributed by atoms with Crippen molar-refractivity contribution in [1.29, 1.82) is 0 Å². The van der Waals surface area contributed by atoms with Crippen molar-refractivity contribution in [1.82, 2.24) is 39.1 Å². The summed E-state index contributed by atoms with van der Waals surface area (Å²) in [4.78, 5) is 62.0. The van der Waals surface area contributed by atoms with Crippen molar-refractivity contribution in [3.63, 3.8) is 0 Å². The normalized spacial score (nSPS) is 23.0. The van der Waals surface area contributed by atoms with E-state index in [1.54, 1.807) is 25.2 Å². The summed E-state index contributed by atoms with van der Waals surface area (Å²) < 4.78 is 77.3. The number of carbonyl (C=O) groups excluding carboxylic acids is 3. The standard InChI is InChI=1S/C45H51F5N10O5/c1-42(2,65)29-20-30-27(19-31(29)53-39(62)32-21-51-22-36(52-32)45(48,49)50)24-59(55-30)28-9-7-26(8-10-28)23-57-16-13-43(44(46,47)25-57)14-17-58(18-15-43)33-5-4-6-34-38(33)56(3)41(64)60(34)35-11-12-37(61)54-40(35)63/h4-6,19-22,24,26,28,35,65H,7-18,23,25H2,1-3H3,(H,53,62)(H,54,61,63). The van der Waals surface area contributed by atoms with E-state index in [2.05, 4.69) is 25.5 Å². The molecule has 3 amide bonds. The number of nitrogens with one attached hydrogen (secondary N) is 2. The van der Waals surface area contributed by atoms with Gasteiger partial charge >= 0.3 is 11.9 Å². The molecule has 3 saturated heterocycles. The number of aliphatic hydroxyl groups is 1. The van der Waals surface area contributed by atoms with Crippen LogP contribution in [0.15, 0.2) is 53.7 Å². The van der Waals surface area contributed by atoms with Crippen LogP contribution in [0.4, 0.5) is 33.3 Å². The summed E-state index contributed by atoms with van der Waals surface area (Å²) in [5.41, 5.74) is -1.82. The highest BCUT2D eigenvalue weighted by atomic mass is 19.4. The summed E-state index contributed by atoms with van der Waals surface area (Å²) in [7, 11) is 1.64. The zero-order chi connectivity index (χ0) is 46.2. The number of imidazole rings is 1. The average Bonchev–Trinajstić information content (AvgIpc) is 3.79. The topological polar surface area (TPSA) is 173 Å². The Kier molecular flexibility index (Phi) is 11.1. The number of carbonyl (C=O) groups is 3. The van der Waals surface area contributed by atoms with E-state index in [1.807, 2.05) is 27.9 Å². The van der Waals surface area contributed by atoms with Gasteiger partial charge in [-0.1, -0.05) is 6.07 Å². The Balaban J connectivity index is 0.818. The third-order valence-corrected chi connectivity index (χ3v) is 14.2. The molecule has 0 radical (unpaired) electrons. The molecule has 0 bridgehead atoms. The predicted molar refractivity (Wildman–Crippen MR) is 229 cm³/mol. The maximum absolute atomic E-state index is 16.4. The first-order valence-electron chi connectivity index (χ1n) is 22.1. The number of imide groups is 1. The van der Waals surface area contributed by atoms with Crippen molar-refractivity contribution in [2.45, 2.75) is 101 Å². The lowest BCUT2D eigenvalue weighted by atomic mass is 9.68. The van der Waals surface area contributed by atoms with Crippen LogP contribution >= 0.6 is 0 Å². The second-order valence-corrected chi connectivity index (χ2v) is 18.8. The number of alkyl halides is 5. The molecule has 1 atom stereocenters. The fraction of sp³-hybridized carbons (Fsp3) is 0.533. The number of rotatable bonds is 8. The summed E-state index contributed by atoms with van der Waals surface area (Å²) in [6.45, 7) is 4.66. The van der Waals surface area contributed by atoms with Crippen molar-refractivity contribution < 1.29 is 41.4 Å². The van der Waals surface area contributed by atoms with Gasteiger partial charge in [0.2, 0.25) is 11.8 Å². The monoisotopic (exact) mass is 906 g/mol. The minimum absolute atomic E-state index is 0.0307. The first-order valence-corrected chi connectivity index (χ1v) is 22.1. The van der Waals surface area contributed by atoms with Crippen LogP contribution in [0.1, 0.15) is 105 Å². The molecule has 1 unspecified atom stereocenters. The fourth-order valence-corrected chi connectivity index (χ4v) is 10.6. The fourth-order valence-electron chi connectivity index (χ4n) is 10.6. The molecule has 2 aromatic carbocycles. The number of hydrogen-bond acceptors (Lipinski definition) is 10. The molecule has 1 aliphatic carbocycles. The van der Waals surface area contributed by atoms with Crippen molar-refractivity contribution in [3.8, 4) is 0 Å². The molecule has 1 saturated carbocycles. The lowest BCUT2D eigenvalue weighted by Gasteiger charge is -2.52. The minimum atomic E-state index is -4.79. The number of aromatic nitrogens is 6. The summed E-state index contributed by atoms with van der Waals surface area (Å²) >= 11 is 0. The van der Waals surface area contributed by atoms with Crippen LogP contribution < -0.4 is 21.2 Å². The molecular formula is C45H51F5N10O5. The van der Waals surface area contributed by atoms with E-state index in [0.717, 1.165) is 37.6 Å². The summed E-state index contributed by atoms with van der Waals surface area (Å²) in [6, 6.07) is 7.94. The van der Waals surface area contributed by atoms with Crippen LogP contribution in [0.25, 0.3) is 21.9 Å². The van der Waals surface area contributed by atoms with Crippen LogP contribution in [-0.2, 0) is 28.4 Å². The van der Waals surface area contributed by atoms with Crippen LogP contribution in [-0.4, -0.2) is 95.3 Å². The average molecular weight is 907 g/mol. The second kappa shape index (κ2) is 16.3. The Bertz CT molecular complexity index is 2740. The number of likely N-dealkylation sites (tertiary alicyclic amines) is 1. The van der Waals surface area contributed by atoms with Gasteiger partial charge in [-0.15, -0.1) is 0 Å². The van der Waals surface area contributed by atoms with Gasteiger partial charge in [-0.25, -0.2) is 18.6 Å². The van der Waals surface area contributed by atoms with E-state index in [-0.39, 0.29) is 48.6 Å². The number of para-hydroxylation sites is 1. The highest BCUT2D eigenvalue weighted by Gasteiger charge is 2.57. The Morgan fingerprint density at radius 1 is 0.985 bits per heavy atom. The lowest BCUT2D eigenvalue weighted by Crippen LogP contribution is -2.59. The van der Waals surface area contributed by atoms with Crippen molar-refractivity contribution in [2.75, 3.05) is 42.9 Å². The maximum atomic E-state index is 16.4. The van der Waals surface area contributed by atoms with Gasteiger partial charge < -0.3 is 15.3 Å². The van der Waals surface area contributed by atoms with Gasteiger partial charge in [0.25, 0.3) is 11.8 Å². The number of fused-ring (bicyclic) bond motifs is 2. The number of nitrogens with zero attached hydrogens (tertiary/aromatic N) is 8. The van der Waals surface area contributed by atoms with E-state index in [4.69, 9.17) is 5.10 Å². The molecule has 3 aliphatic heterocycles. The van der Waals surface area contributed by atoms with Gasteiger partial charge in [0.1, 0.15) is 11.7 Å². The molecule has 4 fully saturated rings. The molecule has 15 nitrogen and oxygen atoms in total. The van der Waals surface area contributed by atoms with Crippen LogP contribution in [0, 0.1) is 11.3 Å². The number of aryl methyl sites for hydroxylation is 1. The molecule has 3 aromatic heterocycles. The van der Waals surface area contributed by atoms with Gasteiger partial charge in [0.05, 0.1) is 52.8 Å². The molecule has 65 heavy (non-hydrogen) atoms. The SMILES string of the molecule is Cn1c(=O)n(C2CCC(=O)NC2=O)c2cccc(N3CCC4(CCN(CC5CCC(n6cc7cc(NC(=O)c8cncc(C(F)(F)F)n8)c(C(C)(C)O)cc7n6)CC5)CC4(F)F)CC3)c21. The van der Waals surface area contributed by atoms with Crippen LogP contribution in [0.2, 0.25) is 0 Å². The predicted octanol–water partition coefficient (Wildman–Crippen LogP) is 6.32. The highest BCUT2D eigenvalue weighted by molar-refractivity contribution is 6.04. The summed E-state index contributed by atoms with van der Waals surface area (Å²) in [5.74, 6) is -4.49. The molecule has 1 spiro atoms. The zero-order valence-corrected chi connectivity index (χ0v) is 36.3. The van der Waals surface area contributed by atoms with Crippen molar-refractivity contribution >= 4 is 51.0 Å². The highest BCUT2D eigenvalue weighted by Crippen LogP contribution is 2.52. The largest absolute Gasteiger partial charge is 0.434 e. The molecular weight excluding hydrogens is 856 g/mol. The molecule has 346 valence electrons. The Morgan fingerprint density at radius 2 is 1.71 bits per heavy atom. The number of halogens is 5. The molecule has 4 aliphatic rings. The molecule has 20 heteroatoms. The van der Waals surface area contributed by atoms with Gasteiger partial charge in [-0.3, -0.25) is 43.4 Å². The van der Waals surface area contributed by atoms with Gasteiger partial charge in [0.15, 0.2) is 5.69 Å². The van der Waals surface area contributed by atoms with E-state index in [9.17, 15) is 37.5 Å². The zero-order valence-electron chi connectivity index (χ0n) is 36.3. The van der Waals surface area contributed by atoms with Crippen LogP contribution in [0.3, 0.4) is 0 Å². The van der Waals surface area contributed by atoms with E-state index in [0.29, 0.717) is 79.1 Å². The summed E-state index contributed by atoms with van der Waals surface area (Å²) in [6.07, 6.45) is 3.01. The Morgan fingerprint density at radius 3 is 2.38 bits per heavy atom. The first-order chi connectivity index (χ1) is 30.7. The number of amides is 3. The van der Waals surface area contributed by atoms with Crippen molar-refractivity contribution in [3.05, 3.63) is 76.4 Å². The lowest BCUT2D eigenvalue weighted by molar-refractivity contribution is -0.179. The summed E-state index contributed by atoms with van der Waals surface area (Å²) in [5, 5.41) is 21.4. The van der Waals surface area contributed by atoms with Gasteiger partial charge in [-0.2, -0.15) is 18.3 Å². The molecule has 3 N–H and O–H groups in total. The molecule has 6 heterocycles. The minimum Gasteiger partial charge on any atom is -0.386 e. The third kappa shape index (κ3) is 8.27. The molecule has 5 aromatic rings. The van der Waals surface area contributed by atoms with Gasteiger partial charge in [-0.05, 0) is 102 Å². The first kappa shape index (κ1) is 44.4. The van der Waals surface area contributed by atoms with E-state index in [1.165, 1.54) is 23.0 Å². The van der Waals surface area contributed by atoms with E-state index < -0.39 is 52.4 Å². The quantitative estimate of drug-likeness (QED) is 0.118. The third-order valence-electron chi connectivity index (χ3n) is 14.2. The number of anilines is 2. The van der Waals surface area contributed by atoms with Crippen molar-refractivity contribution in [2.24, 2.45) is 18.4 Å². The Labute approximate surface area is 370 Å². The second-order valence-electron chi connectivity index (χ2n) is 18.8. The smallest absolute Gasteiger partial charge is 0.386 e. The van der Waals surface area contributed by atoms with Crippen LogP contribution in [0.5, 0.6) is 0 Å². The molecule has 9 rings (SSSR count). The number of piperidine rings is 3. The Hall–Kier alpha value is -5.76. The van der Waals surface area contributed by atoms with Gasteiger partial charge in [0, 0.05) is 61.4 Å². The number of benzene rings is 2. The van der Waals surface area contributed by atoms with E-state index >= 15 is 8.78 Å². The number of hydrogen-bond donors (Lipinski definition) is 3.